The molecule has 248 valence electrons. The van der Waals surface area contributed by atoms with Crippen molar-refractivity contribution in [2.45, 2.75) is 49.2 Å². The molecule has 0 saturated carbocycles. The van der Waals surface area contributed by atoms with E-state index in [4.69, 9.17) is 0 Å². The SMILES string of the molecule is CN(C(=O)C(C)(C)c1cc(C(F)(F)F)cc(C(F)(F)F)c1)c1cnc(N2C[C@H](O)C[C@]2(O)S(C)(=O)=O)cc1-c1ccccc1C=O. The molecule has 1 saturated heterocycles. The number of rotatable bonds is 7. The highest BCUT2D eigenvalue weighted by Gasteiger charge is 2.52. The van der Waals surface area contributed by atoms with Crippen LogP contribution in [0.15, 0.2) is 54.7 Å². The smallest absolute Gasteiger partial charge is 0.391 e. The van der Waals surface area contributed by atoms with Gasteiger partial charge in [-0.15, -0.1) is 0 Å². The van der Waals surface area contributed by atoms with E-state index < -0.39 is 67.8 Å². The van der Waals surface area contributed by atoms with Gasteiger partial charge in [0, 0.05) is 37.4 Å². The molecule has 46 heavy (non-hydrogen) atoms. The number of aliphatic hydroxyl groups excluding tert-OH is 1. The minimum absolute atomic E-state index is 0.0438. The lowest BCUT2D eigenvalue weighted by molar-refractivity contribution is -0.143. The van der Waals surface area contributed by atoms with Crippen LogP contribution in [0.2, 0.25) is 0 Å². The fourth-order valence-corrected chi connectivity index (χ4v) is 6.40. The Morgan fingerprint density at radius 2 is 1.54 bits per heavy atom. The van der Waals surface area contributed by atoms with Crippen LogP contribution < -0.4 is 9.80 Å². The number of β-amino-alcohol motifs (C(OH)–C–C–N with tert-alkyl or cyclic N) is 1. The lowest BCUT2D eigenvalue weighted by atomic mass is 9.81. The van der Waals surface area contributed by atoms with Crippen molar-refractivity contribution in [3.8, 4) is 11.1 Å². The molecule has 2 atom stereocenters. The van der Waals surface area contributed by atoms with Gasteiger partial charge in [0.15, 0.2) is 16.1 Å². The molecule has 4 rings (SSSR count). The lowest BCUT2D eigenvalue weighted by Gasteiger charge is -2.34. The number of carbonyl (C=O) groups is 2. The van der Waals surface area contributed by atoms with E-state index in [0.717, 1.165) is 36.1 Å². The molecule has 2 aromatic carbocycles. The second-order valence-corrected chi connectivity index (χ2v) is 13.7. The standard InChI is InChI=1S/C30H29F6N3O6S/c1-27(2,18-9-19(29(31,32)33)11-20(10-18)30(34,35)36)26(42)38(3)24-14-37-25(12-23(24)22-8-6-5-7-17(22)16-40)39-15-21(41)13-28(39,43)46(4,44)45/h5-12,14,16,21,41,43H,13,15H2,1-4H3/t21-,28+/m1/s1. The van der Waals surface area contributed by atoms with Crippen LogP contribution in [0.5, 0.6) is 0 Å². The molecule has 1 amide bonds. The summed E-state index contributed by atoms with van der Waals surface area (Å²) in [5.74, 6) is -1.12. The van der Waals surface area contributed by atoms with Gasteiger partial charge < -0.3 is 20.0 Å². The Bertz CT molecular complexity index is 1760. The number of anilines is 2. The number of sulfone groups is 1. The van der Waals surface area contributed by atoms with Gasteiger partial charge in [-0.05, 0) is 49.2 Å². The fourth-order valence-electron chi connectivity index (χ4n) is 5.34. The quantitative estimate of drug-likeness (QED) is 0.271. The van der Waals surface area contributed by atoms with Gasteiger partial charge >= 0.3 is 12.4 Å². The normalized spacial score (nSPS) is 19.3. The molecule has 1 aliphatic heterocycles. The summed E-state index contributed by atoms with van der Waals surface area (Å²) in [5, 5.41) is 18.8. The molecule has 0 spiro atoms. The Hall–Kier alpha value is -4.02. The molecule has 1 fully saturated rings. The third-order valence-electron chi connectivity index (χ3n) is 7.94. The number of alkyl halides is 6. The van der Waals surface area contributed by atoms with Crippen LogP contribution in [-0.2, 0) is 32.4 Å². The molecule has 2 N–H and O–H groups in total. The molecule has 16 heteroatoms. The summed E-state index contributed by atoms with van der Waals surface area (Å²) in [5.41, 5.74) is -5.42. The molecule has 0 unspecified atom stereocenters. The maximum Gasteiger partial charge on any atom is 0.416 e. The largest absolute Gasteiger partial charge is 0.416 e. The number of nitrogens with zero attached hydrogens (tertiary/aromatic N) is 3. The molecular formula is C30H29F6N3O6S. The number of aliphatic hydroxyl groups is 2. The zero-order chi connectivity index (χ0) is 34.6. The maximum absolute atomic E-state index is 13.9. The third kappa shape index (κ3) is 6.33. The Balaban J connectivity index is 1.90. The van der Waals surface area contributed by atoms with Crippen molar-refractivity contribution in [2.24, 2.45) is 0 Å². The van der Waals surface area contributed by atoms with Crippen LogP contribution >= 0.6 is 0 Å². The van der Waals surface area contributed by atoms with Gasteiger partial charge in [0.1, 0.15) is 5.82 Å². The average molecular weight is 674 g/mol. The van der Waals surface area contributed by atoms with Crippen LogP contribution in [0.1, 0.15) is 47.3 Å². The van der Waals surface area contributed by atoms with Crippen LogP contribution in [-0.4, -0.2) is 66.8 Å². The predicted molar refractivity (Wildman–Crippen MR) is 156 cm³/mol. The number of hydrogen-bond acceptors (Lipinski definition) is 8. The molecule has 3 aromatic rings. The zero-order valence-corrected chi connectivity index (χ0v) is 25.6. The molecule has 1 aliphatic rings. The number of aromatic nitrogens is 1. The van der Waals surface area contributed by atoms with Crippen LogP contribution in [0, 0.1) is 0 Å². The Kier molecular flexibility index (Phi) is 8.83. The minimum Gasteiger partial charge on any atom is -0.391 e. The molecule has 1 aromatic heterocycles. The van der Waals surface area contributed by atoms with Gasteiger partial charge in [-0.25, -0.2) is 13.4 Å². The molecule has 0 bridgehead atoms. The number of likely N-dealkylation sites (N-methyl/N-ethyl adjacent to an activating group) is 1. The number of hydrogen-bond donors (Lipinski definition) is 2. The van der Waals surface area contributed by atoms with Gasteiger partial charge in [0.25, 0.3) is 0 Å². The van der Waals surface area contributed by atoms with E-state index in [0.29, 0.717) is 18.4 Å². The summed E-state index contributed by atoms with van der Waals surface area (Å²) in [7, 11) is -3.03. The van der Waals surface area contributed by atoms with Crippen molar-refractivity contribution in [2.75, 3.05) is 29.6 Å². The van der Waals surface area contributed by atoms with Crippen molar-refractivity contribution in [1.29, 1.82) is 0 Å². The third-order valence-corrected chi connectivity index (χ3v) is 9.52. The van der Waals surface area contributed by atoms with E-state index in [1.165, 1.54) is 31.3 Å². The molecular weight excluding hydrogens is 644 g/mol. The van der Waals surface area contributed by atoms with Gasteiger partial charge in [-0.1, -0.05) is 24.3 Å². The molecule has 0 aliphatic carbocycles. The van der Waals surface area contributed by atoms with Crippen LogP contribution in [0.25, 0.3) is 11.1 Å². The Morgan fingerprint density at radius 3 is 2.07 bits per heavy atom. The molecule has 0 radical (unpaired) electrons. The van der Waals surface area contributed by atoms with E-state index >= 15 is 0 Å². The van der Waals surface area contributed by atoms with Crippen molar-refractivity contribution in [1.82, 2.24) is 4.98 Å². The first-order chi connectivity index (χ1) is 21.0. The van der Waals surface area contributed by atoms with Gasteiger partial charge in [0.2, 0.25) is 11.0 Å². The van der Waals surface area contributed by atoms with Crippen molar-refractivity contribution in [3.05, 3.63) is 77.0 Å². The van der Waals surface area contributed by atoms with E-state index in [-0.39, 0.29) is 40.8 Å². The van der Waals surface area contributed by atoms with Crippen molar-refractivity contribution >= 4 is 33.5 Å². The first kappa shape index (κ1) is 34.8. The first-order valence-corrected chi connectivity index (χ1v) is 15.4. The highest BCUT2D eigenvalue weighted by Crippen LogP contribution is 2.43. The molecule has 2 heterocycles. The van der Waals surface area contributed by atoms with E-state index in [1.54, 1.807) is 6.07 Å². The highest BCUT2D eigenvalue weighted by molar-refractivity contribution is 7.92. The van der Waals surface area contributed by atoms with Gasteiger partial charge in [-0.2, -0.15) is 26.3 Å². The summed E-state index contributed by atoms with van der Waals surface area (Å²) in [6, 6.07) is 8.16. The predicted octanol–water partition coefficient (Wildman–Crippen LogP) is 4.80. The Labute approximate surface area is 260 Å². The number of aldehydes is 1. The highest BCUT2D eigenvalue weighted by atomic mass is 32.2. The van der Waals surface area contributed by atoms with E-state index in [1.807, 2.05) is 0 Å². The number of amides is 1. The summed E-state index contributed by atoms with van der Waals surface area (Å²) < 4.78 is 107. The Morgan fingerprint density at radius 1 is 1.00 bits per heavy atom. The van der Waals surface area contributed by atoms with E-state index in [2.05, 4.69) is 4.98 Å². The zero-order valence-electron chi connectivity index (χ0n) is 24.8. The lowest BCUT2D eigenvalue weighted by Crippen LogP contribution is -2.50. The van der Waals surface area contributed by atoms with Crippen molar-refractivity contribution < 1.29 is 54.6 Å². The summed E-state index contributed by atoms with van der Waals surface area (Å²) in [4.78, 5) is 32.0. The summed E-state index contributed by atoms with van der Waals surface area (Å²) in [6.45, 7) is 1.95. The van der Waals surface area contributed by atoms with E-state index in [9.17, 15) is 54.6 Å². The second-order valence-electron chi connectivity index (χ2n) is 11.5. The second kappa shape index (κ2) is 11.7. The summed E-state index contributed by atoms with van der Waals surface area (Å²) in [6.07, 6.45) is -9.79. The monoisotopic (exact) mass is 673 g/mol. The number of halogens is 6. The van der Waals surface area contributed by atoms with Crippen molar-refractivity contribution in [3.63, 3.8) is 0 Å². The number of carbonyl (C=O) groups excluding carboxylic acids is 2. The summed E-state index contributed by atoms with van der Waals surface area (Å²) >= 11 is 0. The van der Waals surface area contributed by atoms with Gasteiger partial charge in [0.05, 0.1) is 34.5 Å². The molecule has 9 nitrogen and oxygen atoms in total. The van der Waals surface area contributed by atoms with Crippen LogP contribution in [0.4, 0.5) is 37.8 Å². The number of pyridine rings is 1. The maximum atomic E-state index is 13.9. The fraction of sp³-hybridized carbons (Fsp3) is 0.367. The topological polar surface area (TPSA) is 128 Å². The first-order valence-electron chi connectivity index (χ1n) is 13.5. The minimum atomic E-state index is -5.15. The van der Waals surface area contributed by atoms with Gasteiger partial charge in [-0.3, -0.25) is 9.59 Å². The average Bonchev–Trinajstić information content (AvgIpc) is 3.29. The number of benzene rings is 2. The van der Waals surface area contributed by atoms with Crippen LogP contribution in [0.3, 0.4) is 0 Å².